The molecule has 0 fully saturated rings. The van der Waals surface area contributed by atoms with Gasteiger partial charge in [0.2, 0.25) is 5.82 Å². The molecule has 0 saturated carbocycles. The fraction of sp³-hybridized carbons (Fsp3) is 0.300. The van der Waals surface area contributed by atoms with E-state index < -0.39 is 23.3 Å². The third-order valence-corrected chi connectivity index (χ3v) is 3.88. The predicted molar refractivity (Wildman–Crippen MR) is 89.6 cm³/mol. The average Bonchev–Trinajstić information content (AvgIpc) is 2.61. The van der Waals surface area contributed by atoms with E-state index in [0.29, 0.717) is 18.4 Å². The summed E-state index contributed by atoms with van der Waals surface area (Å²) in [5.41, 5.74) is 0.556. The lowest BCUT2D eigenvalue weighted by Gasteiger charge is -2.10. The van der Waals surface area contributed by atoms with Gasteiger partial charge >= 0.3 is 0 Å². The van der Waals surface area contributed by atoms with Crippen molar-refractivity contribution in [1.29, 1.82) is 0 Å². The average molecular weight is 352 g/mol. The van der Waals surface area contributed by atoms with Gasteiger partial charge in [-0.15, -0.1) is 0 Å². The second-order valence-electron chi connectivity index (χ2n) is 5.70. The standard InChI is InChI=1S/C20H20F4O/c1-3-5-13-6-7-14(18(22)17(13)21)8-9-15-10-11-16(25-12-4-2)20(24)19(15)23/h4,6-7,10-12H,3,5,8-9H2,1-2H3/b12-4+. The number of allylic oxidation sites excluding steroid dienone is 1. The van der Waals surface area contributed by atoms with Gasteiger partial charge in [0.15, 0.2) is 23.2 Å². The third-order valence-electron chi connectivity index (χ3n) is 3.88. The summed E-state index contributed by atoms with van der Waals surface area (Å²) in [6, 6.07) is 5.75. The Morgan fingerprint density at radius 2 is 1.24 bits per heavy atom. The second kappa shape index (κ2) is 8.70. The lowest BCUT2D eigenvalue weighted by Crippen LogP contribution is -2.03. The molecule has 0 aliphatic heterocycles. The Kier molecular flexibility index (Phi) is 6.62. The number of halogens is 4. The van der Waals surface area contributed by atoms with Crippen LogP contribution in [-0.4, -0.2) is 0 Å². The van der Waals surface area contributed by atoms with E-state index in [0.717, 1.165) is 0 Å². The second-order valence-corrected chi connectivity index (χ2v) is 5.70. The van der Waals surface area contributed by atoms with Crippen molar-refractivity contribution in [2.75, 3.05) is 0 Å². The highest BCUT2D eigenvalue weighted by Crippen LogP contribution is 2.25. The number of hydrogen-bond acceptors (Lipinski definition) is 1. The molecular formula is C20H20F4O. The van der Waals surface area contributed by atoms with Gasteiger partial charge in [0.05, 0.1) is 6.26 Å². The Morgan fingerprint density at radius 3 is 1.76 bits per heavy atom. The van der Waals surface area contributed by atoms with Gasteiger partial charge in [-0.1, -0.05) is 37.6 Å². The Labute approximate surface area is 144 Å². The Bertz CT molecular complexity index is 769. The van der Waals surface area contributed by atoms with Gasteiger partial charge in [-0.2, -0.15) is 4.39 Å². The molecule has 0 aromatic heterocycles. The molecule has 2 rings (SSSR count). The number of rotatable bonds is 7. The van der Waals surface area contributed by atoms with Gasteiger partial charge in [0.1, 0.15) is 0 Å². The normalized spacial score (nSPS) is 11.3. The smallest absolute Gasteiger partial charge is 0.201 e. The maximum atomic E-state index is 14.1. The highest BCUT2D eigenvalue weighted by Gasteiger charge is 2.16. The number of ether oxygens (including phenoxy) is 1. The minimum Gasteiger partial charge on any atom is -0.462 e. The van der Waals surface area contributed by atoms with Crippen molar-refractivity contribution in [3.63, 3.8) is 0 Å². The van der Waals surface area contributed by atoms with Crippen LogP contribution in [0.4, 0.5) is 17.6 Å². The van der Waals surface area contributed by atoms with Crippen LogP contribution in [0.5, 0.6) is 5.75 Å². The third kappa shape index (κ3) is 4.41. The van der Waals surface area contributed by atoms with E-state index in [4.69, 9.17) is 4.74 Å². The number of benzene rings is 2. The quantitative estimate of drug-likeness (QED) is 0.446. The zero-order valence-electron chi connectivity index (χ0n) is 14.2. The summed E-state index contributed by atoms with van der Waals surface area (Å²) in [6.07, 6.45) is 4.08. The van der Waals surface area contributed by atoms with Gasteiger partial charge in [-0.25, -0.2) is 13.2 Å². The van der Waals surface area contributed by atoms with Crippen molar-refractivity contribution in [3.05, 3.63) is 76.6 Å². The topological polar surface area (TPSA) is 9.23 Å². The van der Waals surface area contributed by atoms with E-state index in [2.05, 4.69) is 0 Å². The molecule has 0 atom stereocenters. The van der Waals surface area contributed by atoms with Crippen molar-refractivity contribution in [2.45, 2.75) is 39.5 Å². The molecule has 1 nitrogen and oxygen atoms in total. The van der Waals surface area contributed by atoms with Crippen LogP contribution in [0.15, 0.2) is 36.6 Å². The SMILES string of the molecule is C/C=C/Oc1ccc(CCc2ccc(CCC)c(F)c2F)c(F)c1F. The summed E-state index contributed by atoms with van der Waals surface area (Å²) in [5.74, 6) is -4.13. The van der Waals surface area contributed by atoms with Crippen LogP contribution < -0.4 is 4.74 Å². The van der Waals surface area contributed by atoms with Crippen LogP contribution in [0.3, 0.4) is 0 Å². The number of aryl methyl sites for hydroxylation is 3. The zero-order valence-corrected chi connectivity index (χ0v) is 14.2. The van der Waals surface area contributed by atoms with E-state index in [1.807, 2.05) is 6.92 Å². The fourth-order valence-corrected chi connectivity index (χ4v) is 2.55. The van der Waals surface area contributed by atoms with Crippen LogP contribution in [-0.2, 0) is 19.3 Å². The van der Waals surface area contributed by atoms with Crippen molar-refractivity contribution in [1.82, 2.24) is 0 Å². The summed E-state index contributed by atoms with van der Waals surface area (Å²) in [6.45, 7) is 3.56. The van der Waals surface area contributed by atoms with E-state index in [1.165, 1.54) is 24.5 Å². The zero-order chi connectivity index (χ0) is 18.4. The van der Waals surface area contributed by atoms with E-state index in [9.17, 15) is 17.6 Å². The van der Waals surface area contributed by atoms with Crippen molar-refractivity contribution >= 4 is 0 Å². The maximum Gasteiger partial charge on any atom is 0.201 e. The molecule has 0 aliphatic carbocycles. The minimum atomic E-state index is -1.10. The molecule has 0 unspecified atom stereocenters. The molecule has 0 aliphatic rings. The summed E-state index contributed by atoms with van der Waals surface area (Å²) >= 11 is 0. The number of hydrogen-bond donors (Lipinski definition) is 0. The molecule has 0 heterocycles. The first-order chi connectivity index (χ1) is 12.0. The Morgan fingerprint density at radius 1 is 0.760 bits per heavy atom. The molecule has 0 radical (unpaired) electrons. The molecular weight excluding hydrogens is 332 g/mol. The molecule has 0 bridgehead atoms. The Hall–Kier alpha value is -2.30. The van der Waals surface area contributed by atoms with Crippen LogP contribution in [0.1, 0.15) is 37.0 Å². The van der Waals surface area contributed by atoms with Gasteiger partial charge in [-0.3, -0.25) is 0 Å². The largest absolute Gasteiger partial charge is 0.462 e. The van der Waals surface area contributed by atoms with Crippen LogP contribution in [0.2, 0.25) is 0 Å². The highest BCUT2D eigenvalue weighted by atomic mass is 19.2. The first-order valence-electron chi connectivity index (χ1n) is 8.20. The summed E-state index contributed by atoms with van der Waals surface area (Å²) in [4.78, 5) is 0. The monoisotopic (exact) mass is 352 g/mol. The highest BCUT2D eigenvalue weighted by molar-refractivity contribution is 5.33. The molecule has 0 N–H and O–H groups in total. The van der Waals surface area contributed by atoms with Gasteiger partial charge in [0, 0.05) is 0 Å². The first kappa shape index (κ1) is 19.0. The molecule has 2 aromatic carbocycles. The van der Waals surface area contributed by atoms with Gasteiger partial charge in [-0.05, 0) is 48.9 Å². The molecule has 0 amide bonds. The summed E-state index contributed by atoms with van der Waals surface area (Å²) < 4.78 is 61.0. The Balaban J connectivity index is 2.16. The van der Waals surface area contributed by atoms with Gasteiger partial charge < -0.3 is 4.74 Å². The summed E-state index contributed by atoms with van der Waals surface area (Å²) in [7, 11) is 0. The van der Waals surface area contributed by atoms with Crippen LogP contribution in [0.25, 0.3) is 0 Å². The first-order valence-corrected chi connectivity index (χ1v) is 8.20. The molecule has 0 saturated heterocycles. The van der Waals surface area contributed by atoms with E-state index in [1.54, 1.807) is 19.1 Å². The molecule has 5 heteroatoms. The lowest BCUT2D eigenvalue weighted by atomic mass is 10.00. The van der Waals surface area contributed by atoms with E-state index in [-0.39, 0.29) is 29.7 Å². The lowest BCUT2D eigenvalue weighted by molar-refractivity contribution is 0.411. The van der Waals surface area contributed by atoms with Crippen molar-refractivity contribution in [2.24, 2.45) is 0 Å². The van der Waals surface area contributed by atoms with Crippen molar-refractivity contribution < 1.29 is 22.3 Å². The maximum absolute atomic E-state index is 14.1. The van der Waals surface area contributed by atoms with E-state index >= 15 is 0 Å². The van der Waals surface area contributed by atoms with Crippen molar-refractivity contribution in [3.8, 4) is 5.75 Å². The molecule has 2 aromatic rings. The molecule has 25 heavy (non-hydrogen) atoms. The predicted octanol–water partition coefficient (Wildman–Crippen LogP) is 5.89. The van der Waals surface area contributed by atoms with Crippen LogP contribution >= 0.6 is 0 Å². The molecule has 0 spiro atoms. The molecule has 134 valence electrons. The summed E-state index contributed by atoms with van der Waals surface area (Å²) in [5, 5.41) is 0. The van der Waals surface area contributed by atoms with Gasteiger partial charge in [0.25, 0.3) is 0 Å². The fourth-order valence-electron chi connectivity index (χ4n) is 2.55. The minimum absolute atomic E-state index is 0.0517. The van der Waals surface area contributed by atoms with Crippen LogP contribution in [0, 0.1) is 23.3 Å².